The highest BCUT2D eigenvalue weighted by Gasteiger charge is 2.04. The van der Waals surface area contributed by atoms with Crippen molar-refractivity contribution in [3.63, 3.8) is 0 Å². The number of hydrogen-bond donors (Lipinski definition) is 2. The van der Waals surface area contributed by atoms with Crippen molar-refractivity contribution in [3.05, 3.63) is 59.7 Å². The van der Waals surface area contributed by atoms with E-state index in [1.165, 1.54) is 5.56 Å². The van der Waals surface area contributed by atoms with Gasteiger partial charge < -0.3 is 15.8 Å². The van der Waals surface area contributed by atoms with Gasteiger partial charge in [0.1, 0.15) is 5.75 Å². The number of hydrogen-bond acceptors (Lipinski definition) is 3. The Hall–Kier alpha value is -2.49. The summed E-state index contributed by atoms with van der Waals surface area (Å²) in [6, 6.07) is 15.7. The molecule has 0 radical (unpaired) electrons. The van der Waals surface area contributed by atoms with Gasteiger partial charge >= 0.3 is 0 Å². The fourth-order valence-electron chi connectivity index (χ4n) is 2.45. The molecule has 0 atom stereocenters. The first-order valence-electron chi connectivity index (χ1n) is 7.92. The molecule has 122 valence electrons. The van der Waals surface area contributed by atoms with Gasteiger partial charge in [0, 0.05) is 18.7 Å². The van der Waals surface area contributed by atoms with Crippen LogP contribution in [0, 0.1) is 0 Å². The summed E-state index contributed by atoms with van der Waals surface area (Å²) in [7, 11) is 1.67. The van der Waals surface area contributed by atoms with Crippen molar-refractivity contribution in [2.45, 2.75) is 25.7 Å². The van der Waals surface area contributed by atoms with E-state index in [0.29, 0.717) is 19.4 Å². The molecule has 2 aromatic carbocycles. The molecule has 0 aliphatic heterocycles. The van der Waals surface area contributed by atoms with E-state index in [9.17, 15) is 4.79 Å². The van der Waals surface area contributed by atoms with Gasteiger partial charge in [0.2, 0.25) is 5.91 Å². The molecule has 0 spiro atoms. The number of rotatable bonds is 8. The Balaban J connectivity index is 1.66. The van der Waals surface area contributed by atoms with Crippen LogP contribution < -0.4 is 15.8 Å². The van der Waals surface area contributed by atoms with E-state index in [1.54, 1.807) is 7.11 Å². The molecule has 23 heavy (non-hydrogen) atoms. The summed E-state index contributed by atoms with van der Waals surface area (Å²) in [5.41, 5.74) is 8.87. The maximum Gasteiger partial charge on any atom is 0.220 e. The third kappa shape index (κ3) is 5.66. The van der Waals surface area contributed by atoms with Crippen molar-refractivity contribution in [3.8, 4) is 5.75 Å². The Morgan fingerprint density at radius 2 is 1.96 bits per heavy atom. The van der Waals surface area contributed by atoms with E-state index < -0.39 is 0 Å². The molecule has 2 rings (SSSR count). The van der Waals surface area contributed by atoms with Gasteiger partial charge in [-0.25, -0.2) is 0 Å². The van der Waals surface area contributed by atoms with Crippen molar-refractivity contribution in [2.75, 3.05) is 19.4 Å². The highest BCUT2D eigenvalue weighted by Crippen LogP contribution is 2.14. The number of amides is 1. The van der Waals surface area contributed by atoms with Crippen LogP contribution >= 0.6 is 0 Å². The fourth-order valence-corrected chi connectivity index (χ4v) is 2.45. The van der Waals surface area contributed by atoms with Crippen molar-refractivity contribution >= 4 is 11.6 Å². The standard InChI is InChI=1S/C19H24N2O2/c1-23-17-9-4-6-15(14-17)7-5-13-21-19(22)12-11-16-8-2-3-10-18(16)20/h2-4,6,8-10,14H,5,7,11-13,20H2,1H3,(H,21,22). The van der Waals surface area contributed by atoms with Gasteiger partial charge in [-0.2, -0.15) is 0 Å². The quantitative estimate of drug-likeness (QED) is 0.582. The van der Waals surface area contributed by atoms with Crippen LogP contribution in [0.4, 0.5) is 5.69 Å². The van der Waals surface area contributed by atoms with Crippen LogP contribution in [-0.2, 0) is 17.6 Å². The number of carbonyl (C=O) groups excluding carboxylic acids is 1. The zero-order chi connectivity index (χ0) is 16.5. The molecule has 0 aromatic heterocycles. The second-order valence-electron chi connectivity index (χ2n) is 5.50. The number of nitrogens with one attached hydrogen (secondary N) is 1. The van der Waals surface area contributed by atoms with E-state index in [-0.39, 0.29) is 5.91 Å². The first-order valence-corrected chi connectivity index (χ1v) is 7.92. The molecule has 4 heteroatoms. The maximum atomic E-state index is 11.9. The number of nitrogen functional groups attached to an aromatic ring is 1. The lowest BCUT2D eigenvalue weighted by Crippen LogP contribution is -2.25. The van der Waals surface area contributed by atoms with Gasteiger partial charge in [0.25, 0.3) is 0 Å². The molecule has 0 heterocycles. The average molecular weight is 312 g/mol. The van der Waals surface area contributed by atoms with E-state index >= 15 is 0 Å². The summed E-state index contributed by atoms with van der Waals surface area (Å²) in [6.45, 7) is 0.681. The van der Waals surface area contributed by atoms with Crippen molar-refractivity contribution in [2.24, 2.45) is 0 Å². The highest BCUT2D eigenvalue weighted by atomic mass is 16.5. The summed E-state index contributed by atoms with van der Waals surface area (Å²) in [5.74, 6) is 0.936. The lowest BCUT2D eigenvalue weighted by atomic mass is 10.1. The van der Waals surface area contributed by atoms with Crippen molar-refractivity contribution < 1.29 is 9.53 Å². The molecule has 0 saturated heterocycles. The van der Waals surface area contributed by atoms with Gasteiger partial charge in [0.05, 0.1) is 7.11 Å². The van der Waals surface area contributed by atoms with Gasteiger partial charge in [-0.05, 0) is 48.6 Å². The Kier molecular flexibility index (Phi) is 6.48. The van der Waals surface area contributed by atoms with Crippen LogP contribution in [-0.4, -0.2) is 19.6 Å². The second-order valence-corrected chi connectivity index (χ2v) is 5.50. The number of carbonyl (C=O) groups is 1. The van der Waals surface area contributed by atoms with Crippen LogP contribution in [0.1, 0.15) is 24.0 Å². The van der Waals surface area contributed by atoms with Crippen LogP contribution in [0.15, 0.2) is 48.5 Å². The van der Waals surface area contributed by atoms with Gasteiger partial charge in [-0.3, -0.25) is 4.79 Å². The van der Waals surface area contributed by atoms with E-state index in [0.717, 1.165) is 29.8 Å². The first kappa shape index (κ1) is 16.9. The highest BCUT2D eigenvalue weighted by molar-refractivity contribution is 5.76. The molecular weight excluding hydrogens is 288 g/mol. The molecule has 3 N–H and O–H groups in total. The van der Waals surface area contributed by atoms with E-state index in [2.05, 4.69) is 11.4 Å². The number of methoxy groups -OCH3 is 1. The first-order chi connectivity index (χ1) is 11.2. The van der Waals surface area contributed by atoms with Gasteiger partial charge in [-0.15, -0.1) is 0 Å². The smallest absolute Gasteiger partial charge is 0.220 e. The molecule has 2 aromatic rings. The Morgan fingerprint density at radius 1 is 1.13 bits per heavy atom. The average Bonchev–Trinajstić information content (AvgIpc) is 2.58. The lowest BCUT2D eigenvalue weighted by Gasteiger charge is -2.07. The largest absolute Gasteiger partial charge is 0.497 e. The second kappa shape index (κ2) is 8.83. The zero-order valence-corrected chi connectivity index (χ0v) is 13.5. The van der Waals surface area contributed by atoms with Crippen molar-refractivity contribution in [1.82, 2.24) is 5.32 Å². The Bertz CT molecular complexity index is 641. The number of benzene rings is 2. The Labute approximate surface area is 137 Å². The van der Waals surface area contributed by atoms with Crippen LogP contribution in [0.25, 0.3) is 0 Å². The fraction of sp³-hybridized carbons (Fsp3) is 0.316. The predicted octanol–water partition coefficient (Wildman–Crippen LogP) is 2.96. The summed E-state index contributed by atoms with van der Waals surface area (Å²) in [6.07, 6.45) is 2.97. The molecule has 0 fully saturated rings. The third-order valence-electron chi connectivity index (χ3n) is 3.78. The number of ether oxygens (including phenoxy) is 1. The molecule has 0 unspecified atom stereocenters. The van der Waals surface area contributed by atoms with Crippen LogP contribution in [0.2, 0.25) is 0 Å². The minimum Gasteiger partial charge on any atom is -0.497 e. The lowest BCUT2D eigenvalue weighted by molar-refractivity contribution is -0.121. The molecule has 1 amide bonds. The third-order valence-corrected chi connectivity index (χ3v) is 3.78. The normalized spacial score (nSPS) is 10.3. The minimum absolute atomic E-state index is 0.0684. The van der Waals surface area contributed by atoms with Gasteiger partial charge in [-0.1, -0.05) is 30.3 Å². The summed E-state index contributed by atoms with van der Waals surface area (Å²) in [4.78, 5) is 11.9. The molecule has 0 aliphatic carbocycles. The maximum absolute atomic E-state index is 11.9. The topological polar surface area (TPSA) is 64.3 Å². The van der Waals surface area contributed by atoms with Crippen LogP contribution in [0.3, 0.4) is 0 Å². The number of para-hydroxylation sites is 1. The number of nitrogens with two attached hydrogens (primary N) is 1. The molecular formula is C19H24N2O2. The number of aryl methyl sites for hydroxylation is 2. The monoisotopic (exact) mass is 312 g/mol. The minimum atomic E-state index is 0.0684. The predicted molar refractivity (Wildman–Crippen MR) is 93.5 cm³/mol. The Morgan fingerprint density at radius 3 is 2.74 bits per heavy atom. The van der Waals surface area contributed by atoms with E-state index in [1.807, 2.05) is 42.5 Å². The zero-order valence-electron chi connectivity index (χ0n) is 13.5. The summed E-state index contributed by atoms with van der Waals surface area (Å²) in [5, 5.41) is 2.96. The molecule has 0 aliphatic rings. The van der Waals surface area contributed by atoms with Crippen LogP contribution in [0.5, 0.6) is 5.75 Å². The summed E-state index contributed by atoms with van der Waals surface area (Å²) < 4.78 is 5.20. The molecule has 4 nitrogen and oxygen atoms in total. The molecule has 0 saturated carbocycles. The molecule has 0 bridgehead atoms. The van der Waals surface area contributed by atoms with Crippen molar-refractivity contribution in [1.29, 1.82) is 0 Å². The van der Waals surface area contributed by atoms with E-state index in [4.69, 9.17) is 10.5 Å². The summed E-state index contributed by atoms with van der Waals surface area (Å²) >= 11 is 0. The van der Waals surface area contributed by atoms with Gasteiger partial charge in [0.15, 0.2) is 0 Å². The number of anilines is 1. The SMILES string of the molecule is COc1cccc(CCCNC(=O)CCc2ccccc2N)c1.